The molecule has 2 N–H and O–H groups in total. The molecular formula is C14H28BNO4. The first-order chi connectivity index (χ1) is 9.30. The Morgan fingerprint density at radius 1 is 1.25 bits per heavy atom. The first-order valence-corrected chi connectivity index (χ1v) is 7.47. The van der Waals surface area contributed by atoms with Crippen molar-refractivity contribution < 1.29 is 18.8 Å². The zero-order valence-corrected chi connectivity index (χ0v) is 13.2. The fourth-order valence-corrected chi connectivity index (χ4v) is 2.10. The van der Waals surface area contributed by atoms with Gasteiger partial charge in [-0.25, -0.2) is 0 Å². The van der Waals surface area contributed by atoms with Crippen LogP contribution in [0.1, 0.15) is 53.4 Å². The van der Waals surface area contributed by atoms with Gasteiger partial charge in [0.05, 0.1) is 6.54 Å². The lowest BCUT2D eigenvalue weighted by atomic mass is 9.88. The number of hydrogen-bond donors (Lipinski definition) is 1. The Kier molecular flexibility index (Phi) is 6.99. The topological polar surface area (TPSA) is 70.8 Å². The van der Waals surface area contributed by atoms with Gasteiger partial charge < -0.3 is 19.7 Å². The normalized spacial score (nSPS) is 23.4. The molecule has 1 aliphatic rings. The summed E-state index contributed by atoms with van der Waals surface area (Å²) in [7, 11) is -0.941. The number of hydrogen-bond acceptors (Lipinski definition) is 5. The van der Waals surface area contributed by atoms with Crippen LogP contribution in [0.4, 0.5) is 0 Å². The molecule has 20 heavy (non-hydrogen) atoms. The molecule has 116 valence electrons. The summed E-state index contributed by atoms with van der Waals surface area (Å²) in [5, 5.41) is 0. The number of carbonyl (C=O) groups is 1. The van der Waals surface area contributed by atoms with Crippen LogP contribution in [0.3, 0.4) is 0 Å². The van der Waals surface area contributed by atoms with Gasteiger partial charge in [0.25, 0.3) is 0 Å². The molecular weight excluding hydrogens is 257 g/mol. The highest BCUT2D eigenvalue weighted by Gasteiger charge is 2.33. The van der Waals surface area contributed by atoms with Crippen LogP contribution in [0.2, 0.25) is 0 Å². The van der Waals surface area contributed by atoms with E-state index in [9.17, 15) is 4.79 Å². The summed E-state index contributed by atoms with van der Waals surface area (Å²) in [5.74, 6) is 0.239. The van der Waals surface area contributed by atoms with Crippen LogP contribution in [0, 0.1) is 11.3 Å². The van der Waals surface area contributed by atoms with Crippen molar-refractivity contribution in [3.05, 3.63) is 0 Å². The van der Waals surface area contributed by atoms with Gasteiger partial charge in [0, 0.05) is 12.7 Å². The van der Waals surface area contributed by atoms with Gasteiger partial charge in [0.1, 0.15) is 0 Å². The van der Waals surface area contributed by atoms with Crippen LogP contribution in [0.15, 0.2) is 0 Å². The van der Waals surface area contributed by atoms with Gasteiger partial charge >= 0.3 is 13.3 Å². The molecule has 0 saturated heterocycles. The maximum atomic E-state index is 11.3. The van der Waals surface area contributed by atoms with E-state index < -0.39 is 13.3 Å². The van der Waals surface area contributed by atoms with Crippen molar-refractivity contribution in [3.8, 4) is 0 Å². The lowest BCUT2D eigenvalue weighted by Gasteiger charge is -2.29. The highest BCUT2D eigenvalue weighted by molar-refractivity contribution is 6.39. The minimum absolute atomic E-state index is 0.0161. The van der Waals surface area contributed by atoms with Gasteiger partial charge in [-0.15, -0.1) is 0 Å². The van der Waals surface area contributed by atoms with Crippen molar-refractivity contribution in [2.75, 3.05) is 13.2 Å². The third kappa shape index (κ3) is 7.26. The summed E-state index contributed by atoms with van der Waals surface area (Å²) < 4.78 is 16.5. The zero-order chi connectivity index (χ0) is 15.2. The van der Waals surface area contributed by atoms with Crippen molar-refractivity contribution in [2.24, 2.45) is 17.1 Å². The second-order valence-corrected chi connectivity index (χ2v) is 6.87. The summed E-state index contributed by atoms with van der Waals surface area (Å²) in [6.45, 7) is 8.70. The Morgan fingerprint density at radius 2 is 1.85 bits per heavy atom. The highest BCUT2D eigenvalue weighted by atomic mass is 16.7. The van der Waals surface area contributed by atoms with Gasteiger partial charge in [0.15, 0.2) is 0 Å². The molecule has 0 amide bonds. The van der Waals surface area contributed by atoms with Crippen LogP contribution >= 0.6 is 0 Å². The molecule has 0 aliphatic heterocycles. The molecule has 0 spiro atoms. The average Bonchev–Trinajstić information content (AvgIpc) is 2.37. The van der Waals surface area contributed by atoms with Crippen LogP contribution < -0.4 is 5.73 Å². The standard InChI is InChI=1S/C14H28BNO4/c1-11-5-7-12(8-6-11)19-15(20-13(17)9-16)18-10-14(2,3)4/h11-12H,5-10,16H2,1-4H3. The van der Waals surface area contributed by atoms with Crippen molar-refractivity contribution in [1.82, 2.24) is 0 Å². The highest BCUT2D eigenvalue weighted by Crippen LogP contribution is 2.26. The van der Waals surface area contributed by atoms with E-state index in [-0.39, 0.29) is 18.1 Å². The van der Waals surface area contributed by atoms with Gasteiger partial charge in [-0.1, -0.05) is 27.7 Å². The minimum atomic E-state index is -0.941. The molecule has 1 rings (SSSR count). The van der Waals surface area contributed by atoms with E-state index >= 15 is 0 Å². The lowest BCUT2D eigenvalue weighted by Crippen LogP contribution is -2.39. The molecule has 0 aromatic carbocycles. The maximum Gasteiger partial charge on any atom is 0.715 e. The molecule has 0 unspecified atom stereocenters. The van der Waals surface area contributed by atoms with E-state index in [1.807, 2.05) is 0 Å². The van der Waals surface area contributed by atoms with Crippen molar-refractivity contribution >= 4 is 13.3 Å². The summed E-state index contributed by atoms with van der Waals surface area (Å²) in [5.41, 5.74) is 5.25. The molecule has 0 heterocycles. The van der Waals surface area contributed by atoms with Crippen LogP contribution in [0.5, 0.6) is 0 Å². The van der Waals surface area contributed by atoms with E-state index in [1.54, 1.807) is 0 Å². The molecule has 1 aliphatic carbocycles. The minimum Gasteiger partial charge on any atom is -0.484 e. The molecule has 0 bridgehead atoms. The maximum absolute atomic E-state index is 11.3. The van der Waals surface area contributed by atoms with Crippen molar-refractivity contribution in [2.45, 2.75) is 59.5 Å². The summed E-state index contributed by atoms with van der Waals surface area (Å²) in [6, 6.07) is 0. The molecule has 6 heteroatoms. The van der Waals surface area contributed by atoms with E-state index in [1.165, 1.54) is 0 Å². The largest absolute Gasteiger partial charge is 0.715 e. The first-order valence-electron chi connectivity index (χ1n) is 7.47. The second kappa shape index (κ2) is 8.00. The Bertz CT molecular complexity index is 298. The quantitative estimate of drug-likeness (QED) is 0.757. The number of carbonyl (C=O) groups excluding carboxylic acids is 1. The Morgan fingerprint density at radius 3 is 2.35 bits per heavy atom. The first kappa shape index (κ1) is 17.5. The Labute approximate surface area is 122 Å². The Hall–Kier alpha value is -0.585. The predicted molar refractivity (Wildman–Crippen MR) is 78.8 cm³/mol. The second-order valence-electron chi connectivity index (χ2n) is 6.87. The molecule has 0 atom stereocenters. The summed E-state index contributed by atoms with van der Waals surface area (Å²) in [4.78, 5) is 11.3. The summed E-state index contributed by atoms with van der Waals surface area (Å²) in [6.07, 6.45) is 4.35. The van der Waals surface area contributed by atoms with E-state index in [2.05, 4.69) is 27.7 Å². The van der Waals surface area contributed by atoms with E-state index in [4.69, 9.17) is 19.7 Å². The predicted octanol–water partition coefficient (Wildman–Crippen LogP) is 2.13. The smallest absolute Gasteiger partial charge is 0.484 e. The van der Waals surface area contributed by atoms with Gasteiger partial charge in [-0.2, -0.15) is 0 Å². The molecule has 1 saturated carbocycles. The molecule has 0 radical (unpaired) electrons. The van der Waals surface area contributed by atoms with Gasteiger partial charge in [-0.05, 0) is 37.0 Å². The Balaban J connectivity index is 2.46. The molecule has 0 aromatic rings. The van der Waals surface area contributed by atoms with Gasteiger partial charge in [0.2, 0.25) is 0 Å². The van der Waals surface area contributed by atoms with Gasteiger partial charge in [-0.3, -0.25) is 4.79 Å². The monoisotopic (exact) mass is 285 g/mol. The summed E-state index contributed by atoms with van der Waals surface area (Å²) >= 11 is 0. The van der Waals surface area contributed by atoms with Crippen molar-refractivity contribution in [3.63, 3.8) is 0 Å². The lowest BCUT2D eigenvalue weighted by molar-refractivity contribution is -0.137. The molecule has 1 fully saturated rings. The SMILES string of the molecule is CC1CCC(OB(OCC(C)(C)C)OC(=O)CN)CC1. The fraction of sp³-hybridized carbons (Fsp3) is 0.929. The fourth-order valence-electron chi connectivity index (χ4n) is 2.10. The van der Waals surface area contributed by atoms with Crippen molar-refractivity contribution in [1.29, 1.82) is 0 Å². The number of nitrogens with two attached hydrogens (primary N) is 1. The van der Waals surface area contributed by atoms with E-state index in [0.29, 0.717) is 6.61 Å². The third-order valence-corrected chi connectivity index (χ3v) is 3.31. The van der Waals surface area contributed by atoms with E-state index in [0.717, 1.165) is 31.6 Å². The molecule has 5 nitrogen and oxygen atoms in total. The number of rotatable bonds is 6. The average molecular weight is 285 g/mol. The van der Waals surface area contributed by atoms with Crippen LogP contribution in [-0.4, -0.2) is 32.5 Å². The molecule has 0 aromatic heterocycles. The third-order valence-electron chi connectivity index (χ3n) is 3.31. The zero-order valence-electron chi connectivity index (χ0n) is 13.2. The van der Waals surface area contributed by atoms with Crippen LogP contribution in [-0.2, 0) is 18.8 Å². The van der Waals surface area contributed by atoms with Crippen LogP contribution in [0.25, 0.3) is 0 Å².